The Kier molecular flexibility index (Phi) is 4.62. The largest absolute Gasteiger partial charge is 0.398 e. The molecule has 0 aliphatic rings. The van der Waals surface area contributed by atoms with E-state index in [9.17, 15) is 0 Å². The van der Waals surface area contributed by atoms with Crippen LogP contribution in [0.15, 0.2) is 22.7 Å². The lowest BCUT2D eigenvalue weighted by Gasteiger charge is -2.16. The number of halogens is 1. The van der Waals surface area contributed by atoms with Crippen LogP contribution in [0.5, 0.6) is 0 Å². The average Bonchev–Trinajstić information content (AvgIpc) is 2.88. The van der Waals surface area contributed by atoms with Gasteiger partial charge in [-0.1, -0.05) is 30.6 Å². The minimum absolute atomic E-state index is 0.179. The molecule has 1 aromatic carbocycles. The Labute approximate surface area is 123 Å². The molecule has 2 rings (SSSR count). The molecule has 0 aliphatic carbocycles. The van der Waals surface area contributed by atoms with Gasteiger partial charge in [-0.3, -0.25) is 0 Å². The van der Waals surface area contributed by atoms with Crippen LogP contribution in [0, 0.1) is 5.92 Å². The summed E-state index contributed by atoms with van der Waals surface area (Å²) in [4.78, 5) is 4.39. The summed E-state index contributed by atoms with van der Waals surface area (Å²) in [6.45, 7) is 6.64. The normalized spacial score (nSPS) is 12.8. The molecular formula is C14H18ClN3O2. The van der Waals surface area contributed by atoms with Crippen LogP contribution in [-0.2, 0) is 4.74 Å². The molecule has 20 heavy (non-hydrogen) atoms. The third-order valence-electron chi connectivity index (χ3n) is 2.90. The van der Waals surface area contributed by atoms with Gasteiger partial charge in [0, 0.05) is 12.2 Å². The third kappa shape index (κ3) is 3.11. The molecule has 0 spiro atoms. The highest BCUT2D eigenvalue weighted by molar-refractivity contribution is 6.33. The minimum atomic E-state index is -0.179. The first kappa shape index (κ1) is 14.8. The number of ether oxygens (including phenoxy) is 1. The highest BCUT2D eigenvalue weighted by Crippen LogP contribution is 2.29. The first-order valence-electron chi connectivity index (χ1n) is 6.53. The van der Waals surface area contributed by atoms with Gasteiger partial charge in [-0.2, -0.15) is 4.98 Å². The van der Waals surface area contributed by atoms with Gasteiger partial charge in [-0.25, -0.2) is 0 Å². The van der Waals surface area contributed by atoms with E-state index in [0.717, 1.165) is 5.56 Å². The first-order chi connectivity index (χ1) is 9.52. The lowest BCUT2D eigenvalue weighted by molar-refractivity contribution is 0.0217. The molecule has 0 saturated carbocycles. The van der Waals surface area contributed by atoms with Gasteiger partial charge in [0.15, 0.2) is 0 Å². The van der Waals surface area contributed by atoms with Crippen molar-refractivity contribution in [1.82, 2.24) is 10.1 Å². The van der Waals surface area contributed by atoms with Crippen molar-refractivity contribution in [2.75, 3.05) is 12.3 Å². The number of anilines is 1. The van der Waals surface area contributed by atoms with Crippen molar-refractivity contribution in [3.05, 3.63) is 29.0 Å². The van der Waals surface area contributed by atoms with Gasteiger partial charge in [-0.05, 0) is 31.0 Å². The summed E-state index contributed by atoms with van der Waals surface area (Å²) in [6, 6.07) is 5.22. The van der Waals surface area contributed by atoms with Gasteiger partial charge in [0.1, 0.15) is 6.10 Å². The SMILES string of the molecule is CCOC(c1noc(-c2ccc(N)c(Cl)c2)n1)C(C)C. The Morgan fingerprint density at radius 3 is 2.75 bits per heavy atom. The van der Waals surface area contributed by atoms with Crippen LogP contribution in [-0.4, -0.2) is 16.7 Å². The molecule has 1 heterocycles. The molecule has 0 amide bonds. The molecule has 0 radical (unpaired) electrons. The molecule has 1 unspecified atom stereocenters. The summed E-state index contributed by atoms with van der Waals surface area (Å²) in [5.74, 6) is 1.22. The molecule has 2 aromatic rings. The van der Waals surface area contributed by atoms with Crippen molar-refractivity contribution in [2.45, 2.75) is 26.9 Å². The molecule has 0 saturated heterocycles. The second kappa shape index (κ2) is 6.24. The number of nitrogen functional groups attached to an aromatic ring is 1. The quantitative estimate of drug-likeness (QED) is 0.851. The van der Waals surface area contributed by atoms with Crippen molar-refractivity contribution in [1.29, 1.82) is 0 Å². The highest BCUT2D eigenvalue weighted by atomic mass is 35.5. The number of nitrogens with zero attached hydrogens (tertiary/aromatic N) is 2. The highest BCUT2D eigenvalue weighted by Gasteiger charge is 2.22. The number of aromatic nitrogens is 2. The lowest BCUT2D eigenvalue weighted by atomic mass is 10.1. The van der Waals surface area contributed by atoms with E-state index >= 15 is 0 Å². The summed E-state index contributed by atoms with van der Waals surface area (Å²) in [6.07, 6.45) is -0.179. The molecule has 0 bridgehead atoms. The van der Waals surface area contributed by atoms with E-state index in [0.29, 0.717) is 29.0 Å². The Hall–Kier alpha value is -1.59. The zero-order valence-electron chi connectivity index (χ0n) is 11.8. The van der Waals surface area contributed by atoms with Crippen molar-refractivity contribution in [3.8, 4) is 11.5 Å². The molecule has 1 aromatic heterocycles. The lowest BCUT2D eigenvalue weighted by Crippen LogP contribution is -2.12. The fourth-order valence-corrected chi connectivity index (χ4v) is 2.05. The Balaban J connectivity index is 2.29. The monoisotopic (exact) mass is 295 g/mol. The number of benzene rings is 1. The topological polar surface area (TPSA) is 74.2 Å². The van der Waals surface area contributed by atoms with Crippen LogP contribution in [0.4, 0.5) is 5.69 Å². The predicted molar refractivity (Wildman–Crippen MR) is 78.4 cm³/mol. The molecule has 1 atom stereocenters. The van der Waals surface area contributed by atoms with Crippen molar-refractivity contribution in [3.63, 3.8) is 0 Å². The Morgan fingerprint density at radius 1 is 1.40 bits per heavy atom. The first-order valence-corrected chi connectivity index (χ1v) is 6.91. The average molecular weight is 296 g/mol. The van der Waals surface area contributed by atoms with Crippen LogP contribution in [0.1, 0.15) is 32.7 Å². The summed E-state index contributed by atoms with van der Waals surface area (Å²) in [5, 5.41) is 4.46. The summed E-state index contributed by atoms with van der Waals surface area (Å²) in [7, 11) is 0. The molecule has 0 aliphatic heterocycles. The number of hydrogen-bond acceptors (Lipinski definition) is 5. The molecule has 2 N–H and O–H groups in total. The van der Waals surface area contributed by atoms with Crippen LogP contribution in [0.25, 0.3) is 11.5 Å². The van der Waals surface area contributed by atoms with Gasteiger partial charge in [0.25, 0.3) is 5.89 Å². The van der Waals surface area contributed by atoms with E-state index < -0.39 is 0 Å². The standard InChI is InChI=1S/C14H18ClN3O2/c1-4-19-12(8(2)3)13-17-14(20-18-13)9-5-6-11(16)10(15)7-9/h5-8,12H,4,16H2,1-3H3. The van der Waals surface area contributed by atoms with E-state index in [-0.39, 0.29) is 12.0 Å². The fourth-order valence-electron chi connectivity index (χ4n) is 1.87. The molecule has 6 heteroatoms. The van der Waals surface area contributed by atoms with Crippen LogP contribution < -0.4 is 5.73 Å². The number of hydrogen-bond donors (Lipinski definition) is 1. The maximum absolute atomic E-state index is 5.99. The van der Waals surface area contributed by atoms with E-state index in [2.05, 4.69) is 24.0 Å². The second-order valence-electron chi connectivity index (χ2n) is 4.81. The van der Waals surface area contributed by atoms with Crippen LogP contribution in [0.3, 0.4) is 0 Å². The fraction of sp³-hybridized carbons (Fsp3) is 0.429. The van der Waals surface area contributed by atoms with Gasteiger partial charge in [0.05, 0.1) is 10.7 Å². The number of rotatable bonds is 5. The van der Waals surface area contributed by atoms with E-state index in [1.165, 1.54) is 0 Å². The molecule has 108 valence electrons. The zero-order valence-corrected chi connectivity index (χ0v) is 12.5. The van der Waals surface area contributed by atoms with E-state index in [4.69, 9.17) is 26.6 Å². The van der Waals surface area contributed by atoms with Gasteiger partial charge < -0.3 is 15.0 Å². The molecular weight excluding hydrogens is 278 g/mol. The van der Waals surface area contributed by atoms with Crippen molar-refractivity contribution < 1.29 is 9.26 Å². The third-order valence-corrected chi connectivity index (χ3v) is 3.22. The Bertz CT molecular complexity index is 584. The molecule has 5 nitrogen and oxygen atoms in total. The van der Waals surface area contributed by atoms with Crippen LogP contribution >= 0.6 is 11.6 Å². The maximum Gasteiger partial charge on any atom is 0.258 e. The number of nitrogens with two attached hydrogens (primary N) is 1. The maximum atomic E-state index is 5.99. The van der Waals surface area contributed by atoms with E-state index in [1.807, 2.05) is 6.92 Å². The Morgan fingerprint density at radius 2 is 2.15 bits per heavy atom. The van der Waals surface area contributed by atoms with Gasteiger partial charge in [0.2, 0.25) is 5.82 Å². The zero-order chi connectivity index (χ0) is 14.7. The van der Waals surface area contributed by atoms with Gasteiger partial charge >= 0.3 is 0 Å². The second-order valence-corrected chi connectivity index (χ2v) is 5.22. The predicted octanol–water partition coefficient (Wildman–Crippen LogP) is 3.71. The van der Waals surface area contributed by atoms with Gasteiger partial charge in [-0.15, -0.1) is 0 Å². The summed E-state index contributed by atoms with van der Waals surface area (Å²) < 4.78 is 10.9. The smallest absolute Gasteiger partial charge is 0.258 e. The van der Waals surface area contributed by atoms with Crippen molar-refractivity contribution >= 4 is 17.3 Å². The van der Waals surface area contributed by atoms with Crippen LogP contribution in [0.2, 0.25) is 5.02 Å². The van der Waals surface area contributed by atoms with E-state index in [1.54, 1.807) is 18.2 Å². The minimum Gasteiger partial charge on any atom is -0.398 e. The summed E-state index contributed by atoms with van der Waals surface area (Å²) >= 11 is 5.99. The molecule has 0 fully saturated rings. The van der Waals surface area contributed by atoms with Crippen molar-refractivity contribution in [2.24, 2.45) is 5.92 Å². The summed E-state index contributed by atoms with van der Waals surface area (Å²) in [5.41, 5.74) is 6.94.